The maximum Gasteiger partial charge on any atom is 0.289 e. The number of hydrogen-bond donors (Lipinski definition) is 1. The smallest absolute Gasteiger partial charge is 0.289 e. The van der Waals surface area contributed by atoms with E-state index in [0.717, 1.165) is 35.4 Å². The number of hydrogen-bond acceptors (Lipinski definition) is 3. The molecule has 0 spiro atoms. The average molecular weight is 414 g/mol. The number of carbonyl (C=O) groups excluding carboxylic acids is 1. The first-order valence-corrected chi connectivity index (χ1v) is 10.6. The number of pyridine rings is 1. The molecule has 0 unspecified atom stereocenters. The van der Waals surface area contributed by atoms with Crippen LogP contribution in [-0.2, 0) is 0 Å². The molecule has 0 bridgehead atoms. The van der Waals surface area contributed by atoms with Crippen LogP contribution in [0.1, 0.15) is 40.8 Å². The van der Waals surface area contributed by atoms with Crippen molar-refractivity contribution in [1.82, 2.24) is 19.9 Å². The molecule has 6 heteroatoms. The topological polar surface area (TPSA) is 61.9 Å². The molecule has 1 aliphatic rings. The number of piperidine rings is 1. The number of fused-ring (bicyclic) bond motifs is 1. The molecule has 3 heterocycles. The van der Waals surface area contributed by atoms with Gasteiger partial charge >= 0.3 is 0 Å². The van der Waals surface area contributed by atoms with Gasteiger partial charge in [-0.15, -0.1) is 0 Å². The lowest BCUT2D eigenvalue weighted by Gasteiger charge is -2.32. The number of imidazole rings is 1. The summed E-state index contributed by atoms with van der Waals surface area (Å²) in [6, 6.07) is 18.8. The third-order valence-corrected chi connectivity index (χ3v) is 5.85. The van der Waals surface area contributed by atoms with Gasteiger partial charge in [0.25, 0.3) is 5.91 Å². The van der Waals surface area contributed by atoms with Crippen molar-refractivity contribution in [3.05, 3.63) is 83.7 Å². The number of amides is 1. The summed E-state index contributed by atoms with van der Waals surface area (Å²) in [4.78, 5) is 27.1. The maximum absolute atomic E-state index is 13.5. The molecular formula is C25H23FN4O. The third kappa shape index (κ3) is 3.93. The molecule has 1 saturated heterocycles. The molecule has 0 radical (unpaired) electrons. The van der Waals surface area contributed by atoms with Gasteiger partial charge in [-0.05, 0) is 61.2 Å². The maximum atomic E-state index is 13.5. The normalized spacial score (nSPS) is 16.6. The molecule has 1 N–H and O–H groups in total. The lowest BCUT2D eigenvalue weighted by molar-refractivity contribution is 0.0695. The SMILES string of the molecule is Cc1cc(-c2ccccc2)cc([C@@H]2CCCN(C(=O)c3nc4ccc(F)cc4[nH]3)C2)n1. The van der Waals surface area contributed by atoms with E-state index in [9.17, 15) is 9.18 Å². The summed E-state index contributed by atoms with van der Waals surface area (Å²) in [7, 11) is 0. The van der Waals surface area contributed by atoms with Crippen molar-refractivity contribution in [2.45, 2.75) is 25.7 Å². The highest BCUT2D eigenvalue weighted by Crippen LogP contribution is 2.30. The summed E-state index contributed by atoms with van der Waals surface area (Å²) in [5.41, 5.74) is 5.41. The first-order chi connectivity index (χ1) is 15.1. The first-order valence-electron chi connectivity index (χ1n) is 10.6. The minimum atomic E-state index is -0.354. The minimum absolute atomic E-state index is 0.155. The molecule has 2 aromatic carbocycles. The highest BCUT2D eigenvalue weighted by atomic mass is 19.1. The van der Waals surface area contributed by atoms with Gasteiger partial charge in [0.1, 0.15) is 5.82 Å². The van der Waals surface area contributed by atoms with Gasteiger partial charge in [-0.3, -0.25) is 9.78 Å². The largest absolute Gasteiger partial charge is 0.335 e. The van der Waals surface area contributed by atoms with E-state index in [0.29, 0.717) is 24.1 Å². The number of halogens is 1. The highest BCUT2D eigenvalue weighted by molar-refractivity contribution is 5.94. The molecule has 31 heavy (non-hydrogen) atoms. The van der Waals surface area contributed by atoms with Crippen LogP contribution in [0.4, 0.5) is 4.39 Å². The summed E-state index contributed by atoms with van der Waals surface area (Å²) in [5, 5.41) is 0. The second-order valence-corrected chi connectivity index (χ2v) is 8.13. The van der Waals surface area contributed by atoms with Gasteiger partial charge in [0.15, 0.2) is 5.82 Å². The molecule has 0 aliphatic carbocycles. The lowest BCUT2D eigenvalue weighted by Crippen LogP contribution is -2.39. The van der Waals surface area contributed by atoms with E-state index in [4.69, 9.17) is 4.98 Å². The van der Waals surface area contributed by atoms with Gasteiger partial charge in [0.2, 0.25) is 0 Å². The first kappa shape index (κ1) is 19.4. The minimum Gasteiger partial charge on any atom is -0.335 e. The molecule has 1 fully saturated rings. The predicted molar refractivity (Wildman–Crippen MR) is 118 cm³/mol. The zero-order valence-electron chi connectivity index (χ0n) is 17.3. The van der Waals surface area contributed by atoms with Crippen molar-refractivity contribution in [2.24, 2.45) is 0 Å². The summed E-state index contributed by atoms with van der Waals surface area (Å²) in [5.74, 6) is -0.0875. The van der Waals surface area contributed by atoms with Crippen molar-refractivity contribution in [2.75, 3.05) is 13.1 Å². The number of rotatable bonds is 3. The predicted octanol–water partition coefficient (Wildman–Crippen LogP) is 5.09. The van der Waals surface area contributed by atoms with Gasteiger partial charge in [-0.1, -0.05) is 30.3 Å². The van der Waals surface area contributed by atoms with Gasteiger partial charge < -0.3 is 9.88 Å². The van der Waals surface area contributed by atoms with Crippen LogP contribution in [0.2, 0.25) is 0 Å². The van der Waals surface area contributed by atoms with E-state index in [2.05, 4.69) is 34.2 Å². The molecule has 1 aliphatic heterocycles. The Morgan fingerprint density at radius 3 is 2.74 bits per heavy atom. The van der Waals surface area contributed by atoms with Crippen molar-refractivity contribution in [3.63, 3.8) is 0 Å². The van der Waals surface area contributed by atoms with E-state index in [1.165, 1.54) is 12.1 Å². The van der Waals surface area contributed by atoms with Gasteiger partial charge in [0.05, 0.1) is 11.0 Å². The molecule has 5 rings (SSSR count). The Hall–Kier alpha value is -3.54. The molecule has 2 aromatic heterocycles. The number of aromatic amines is 1. The van der Waals surface area contributed by atoms with Crippen LogP contribution in [0.15, 0.2) is 60.7 Å². The van der Waals surface area contributed by atoms with Gasteiger partial charge in [-0.25, -0.2) is 9.37 Å². The molecule has 156 valence electrons. The summed E-state index contributed by atoms with van der Waals surface area (Å²) >= 11 is 0. The summed E-state index contributed by atoms with van der Waals surface area (Å²) in [6.45, 7) is 3.28. The van der Waals surface area contributed by atoms with Crippen LogP contribution in [0.3, 0.4) is 0 Å². The van der Waals surface area contributed by atoms with E-state index >= 15 is 0 Å². The number of benzene rings is 2. The van der Waals surface area contributed by atoms with Crippen LogP contribution in [0.25, 0.3) is 22.2 Å². The van der Waals surface area contributed by atoms with Crippen LogP contribution >= 0.6 is 0 Å². The molecular weight excluding hydrogens is 391 g/mol. The van der Waals surface area contributed by atoms with E-state index in [1.54, 1.807) is 6.07 Å². The average Bonchev–Trinajstić information content (AvgIpc) is 3.22. The second-order valence-electron chi connectivity index (χ2n) is 8.13. The van der Waals surface area contributed by atoms with E-state index < -0.39 is 0 Å². The Balaban J connectivity index is 1.40. The fraction of sp³-hybridized carbons (Fsp3) is 0.240. The second kappa shape index (κ2) is 7.95. The summed E-state index contributed by atoms with van der Waals surface area (Å²) < 4.78 is 13.5. The van der Waals surface area contributed by atoms with Crippen LogP contribution in [0, 0.1) is 12.7 Å². The standard InChI is InChI=1S/C25H23FN4O/c1-16-12-19(17-6-3-2-4-7-17)13-22(27-16)18-8-5-11-30(15-18)25(31)24-28-21-10-9-20(26)14-23(21)29-24/h2-4,6-7,9-10,12-14,18H,5,8,11,15H2,1H3,(H,28,29)/t18-/m1/s1. The summed E-state index contributed by atoms with van der Waals surface area (Å²) in [6.07, 6.45) is 1.89. The van der Waals surface area contributed by atoms with E-state index in [1.807, 2.05) is 30.0 Å². The van der Waals surface area contributed by atoms with Crippen molar-refractivity contribution < 1.29 is 9.18 Å². The third-order valence-electron chi connectivity index (χ3n) is 5.85. The van der Waals surface area contributed by atoms with Crippen LogP contribution in [0.5, 0.6) is 0 Å². The van der Waals surface area contributed by atoms with Crippen LogP contribution in [-0.4, -0.2) is 38.8 Å². The zero-order valence-corrected chi connectivity index (χ0v) is 17.3. The fourth-order valence-electron chi connectivity index (χ4n) is 4.34. The monoisotopic (exact) mass is 414 g/mol. The van der Waals surface area contributed by atoms with Gasteiger partial charge in [0, 0.05) is 30.4 Å². The lowest BCUT2D eigenvalue weighted by atomic mass is 9.92. The van der Waals surface area contributed by atoms with Gasteiger partial charge in [-0.2, -0.15) is 0 Å². The van der Waals surface area contributed by atoms with Crippen LogP contribution < -0.4 is 0 Å². The Labute approximate surface area is 180 Å². The van der Waals surface area contributed by atoms with Crippen molar-refractivity contribution in [3.8, 4) is 11.1 Å². The highest BCUT2D eigenvalue weighted by Gasteiger charge is 2.28. The number of carbonyl (C=O) groups is 1. The molecule has 1 amide bonds. The number of nitrogens with zero attached hydrogens (tertiary/aromatic N) is 3. The molecule has 1 atom stereocenters. The number of likely N-dealkylation sites (tertiary alicyclic amines) is 1. The van der Waals surface area contributed by atoms with Crippen molar-refractivity contribution >= 4 is 16.9 Å². The molecule has 0 saturated carbocycles. The number of aromatic nitrogens is 3. The van der Waals surface area contributed by atoms with E-state index in [-0.39, 0.29) is 23.5 Å². The molecule has 4 aromatic rings. The quantitative estimate of drug-likeness (QED) is 0.508. The Morgan fingerprint density at radius 2 is 1.90 bits per heavy atom. The Bertz CT molecular complexity index is 1250. The number of nitrogens with one attached hydrogen (secondary N) is 1. The number of H-pyrrole nitrogens is 1. The van der Waals surface area contributed by atoms with Crippen molar-refractivity contribution in [1.29, 1.82) is 0 Å². The molecule has 5 nitrogen and oxygen atoms in total. The Morgan fingerprint density at radius 1 is 1.06 bits per heavy atom. The number of aryl methyl sites for hydroxylation is 1. The fourth-order valence-corrected chi connectivity index (χ4v) is 4.34. The Kier molecular flexibility index (Phi) is 4.98. The zero-order chi connectivity index (χ0) is 21.4.